The van der Waals surface area contributed by atoms with Crippen LogP contribution >= 0.6 is 0 Å². The smallest absolute Gasteiger partial charge is 0.299 e. The quantitative estimate of drug-likeness (QED) is 0.777. The average Bonchev–Trinajstić information content (AvgIpc) is 2.99. The number of piperidine rings is 1. The molecule has 0 saturated carbocycles. The van der Waals surface area contributed by atoms with Gasteiger partial charge in [0.2, 0.25) is 0 Å². The summed E-state index contributed by atoms with van der Waals surface area (Å²) in [6, 6.07) is 3.96. The van der Waals surface area contributed by atoms with Crippen LogP contribution in [0, 0.1) is 0 Å². The van der Waals surface area contributed by atoms with Crippen molar-refractivity contribution in [3.05, 3.63) is 56.6 Å². The molecule has 7 heteroatoms. The normalized spacial score (nSPS) is 19.2. The van der Waals surface area contributed by atoms with Gasteiger partial charge in [0.1, 0.15) is 5.82 Å². The van der Waals surface area contributed by atoms with Crippen molar-refractivity contribution < 1.29 is 0 Å². The summed E-state index contributed by atoms with van der Waals surface area (Å²) in [7, 11) is 0. The van der Waals surface area contributed by atoms with E-state index in [1.54, 1.807) is 10.8 Å². The number of aromatic nitrogens is 4. The van der Waals surface area contributed by atoms with Crippen molar-refractivity contribution in [2.75, 3.05) is 13.1 Å². The number of hydrogen-bond donors (Lipinski definition) is 0. The van der Waals surface area contributed by atoms with Crippen LogP contribution in [0.1, 0.15) is 50.5 Å². The lowest BCUT2D eigenvalue weighted by Gasteiger charge is -2.38. The maximum atomic E-state index is 12.5. The third kappa shape index (κ3) is 2.80. The van der Waals surface area contributed by atoms with Crippen molar-refractivity contribution in [1.82, 2.24) is 24.2 Å². The molecule has 1 spiro atoms. The predicted octanol–water partition coefficient (Wildman–Crippen LogP) is 1.32. The van der Waals surface area contributed by atoms with Crippen molar-refractivity contribution in [2.24, 2.45) is 0 Å². The lowest BCUT2D eigenvalue weighted by molar-refractivity contribution is 0.148. The van der Waals surface area contributed by atoms with Gasteiger partial charge in [0.15, 0.2) is 0 Å². The summed E-state index contributed by atoms with van der Waals surface area (Å²) in [6.45, 7) is 7.22. The molecular weight excluding hydrogens is 330 g/mol. The molecule has 7 nitrogen and oxygen atoms in total. The van der Waals surface area contributed by atoms with Crippen LogP contribution in [0.4, 0.5) is 0 Å². The van der Waals surface area contributed by atoms with Crippen molar-refractivity contribution in [3.63, 3.8) is 0 Å². The maximum Gasteiger partial charge on any atom is 0.332 e. The van der Waals surface area contributed by atoms with Crippen LogP contribution in [0.3, 0.4) is 0 Å². The lowest BCUT2D eigenvalue weighted by atomic mass is 9.76. The highest BCUT2D eigenvalue weighted by molar-refractivity contribution is 5.16. The largest absolute Gasteiger partial charge is 0.332 e. The van der Waals surface area contributed by atoms with Gasteiger partial charge in [0.25, 0.3) is 0 Å². The van der Waals surface area contributed by atoms with Crippen LogP contribution in [-0.4, -0.2) is 37.3 Å². The Morgan fingerprint density at radius 1 is 1.12 bits per heavy atom. The molecule has 0 N–H and O–H groups in total. The second-order valence-electron chi connectivity index (χ2n) is 7.79. The summed E-state index contributed by atoms with van der Waals surface area (Å²) in [5.41, 5.74) is 0.223. The number of hydrogen-bond acceptors (Lipinski definition) is 5. The third-order valence-corrected chi connectivity index (χ3v) is 5.81. The summed E-state index contributed by atoms with van der Waals surface area (Å²) in [4.78, 5) is 31.4. The minimum Gasteiger partial charge on any atom is -0.299 e. The number of pyridine rings is 1. The monoisotopic (exact) mass is 355 g/mol. The topological polar surface area (TPSA) is 73.0 Å². The van der Waals surface area contributed by atoms with E-state index in [1.807, 2.05) is 26.1 Å². The van der Waals surface area contributed by atoms with Gasteiger partial charge in [0.05, 0.1) is 6.04 Å². The second kappa shape index (κ2) is 6.46. The summed E-state index contributed by atoms with van der Waals surface area (Å²) >= 11 is 0. The minimum absolute atomic E-state index is 0.0745. The van der Waals surface area contributed by atoms with Gasteiger partial charge in [-0.3, -0.25) is 24.0 Å². The Labute approximate surface area is 152 Å². The van der Waals surface area contributed by atoms with Crippen molar-refractivity contribution in [2.45, 2.75) is 57.7 Å². The molecule has 0 amide bonds. The number of fused-ring (bicyclic) bond motifs is 2. The van der Waals surface area contributed by atoms with Crippen molar-refractivity contribution in [1.29, 1.82) is 0 Å². The van der Waals surface area contributed by atoms with E-state index in [-0.39, 0.29) is 11.5 Å². The highest BCUT2D eigenvalue weighted by Crippen LogP contribution is 2.41. The fourth-order valence-corrected chi connectivity index (χ4v) is 4.26. The summed E-state index contributed by atoms with van der Waals surface area (Å²) in [5.74, 6) is 0.817. The number of likely N-dealkylation sites (tertiary alicyclic amines) is 1. The first-order chi connectivity index (χ1) is 12.5. The zero-order valence-corrected chi connectivity index (χ0v) is 15.4. The molecule has 138 valence electrons. The summed E-state index contributed by atoms with van der Waals surface area (Å²) < 4.78 is 2.99. The van der Waals surface area contributed by atoms with Crippen LogP contribution in [0.2, 0.25) is 0 Å². The molecule has 1 fully saturated rings. The zero-order chi connectivity index (χ0) is 18.3. The second-order valence-corrected chi connectivity index (χ2v) is 7.79. The van der Waals surface area contributed by atoms with Crippen molar-refractivity contribution in [3.8, 4) is 0 Å². The van der Waals surface area contributed by atoms with E-state index in [0.717, 1.165) is 44.7 Å². The Hall–Kier alpha value is -2.28. The highest BCUT2D eigenvalue weighted by Gasteiger charge is 2.44. The fourth-order valence-electron chi connectivity index (χ4n) is 4.26. The number of nitrogens with zero attached hydrogens (tertiary/aromatic N) is 5. The lowest BCUT2D eigenvalue weighted by Crippen LogP contribution is -2.47. The molecule has 0 aromatic carbocycles. The number of rotatable bonds is 3. The van der Waals surface area contributed by atoms with Gasteiger partial charge in [-0.1, -0.05) is 6.07 Å². The highest BCUT2D eigenvalue weighted by atomic mass is 16.2. The molecule has 2 aliphatic rings. The van der Waals surface area contributed by atoms with E-state index >= 15 is 0 Å². The molecule has 2 aliphatic heterocycles. The fraction of sp³-hybridized carbons (Fsp3) is 0.579. The molecule has 4 heterocycles. The molecule has 2 aromatic heterocycles. The van der Waals surface area contributed by atoms with E-state index in [1.165, 1.54) is 10.2 Å². The van der Waals surface area contributed by atoms with Gasteiger partial charge in [0, 0.05) is 30.9 Å². The molecule has 2 aromatic rings. The van der Waals surface area contributed by atoms with Crippen LogP contribution in [-0.2, 0) is 18.5 Å². The third-order valence-electron chi connectivity index (χ3n) is 5.81. The van der Waals surface area contributed by atoms with E-state index in [4.69, 9.17) is 0 Å². The standard InChI is InChI=1S/C19H25N5O2/c1-14(2)24-17(26)16(25)23-11-7-19(18(23)21-24)5-9-22(10-6-19)13-15-4-3-8-20-12-15/h3-4,8,12,14H,5-7,9-11,13H2,1-2H3. The van der Waals surface area contributed by atoms with Crippen LogP contribution in [0.15, 0.2) is 34.1 Å². The summed E-state index contributed by atoms with van der Waals surface area (Å²) in [5, 5.41) is 4.64. The Balaban J connectivity index is 1.58. The van der Waals surface area contributed by atoms with Gasteiger partial charge < -0.3 is 0 Å². The SMILES string of the molecule is CC(C)n1nc2n(c(=O)c1=O)CCC21CCN(Cc2cccnc2)CC1. The van der Waals surface area contributed by atoms with Gasteiger partial charge in [-0.2, -0.15) is 5.10 Å². The Morgan fingerprint density at radius 3 is 2.50 bits per heavy atom. The Bertz CT molecular complexity index is 908. The van der Waals surface area contributed by atoms with E-state index in [9.17, 15) is 9.59 Å². The molecule has 0 radical (unpaired) electrons. The van der Waals surface area contributed by atoms with E-state index in [2.05, 4.69) is 21.0 Å². The molecule has 0 aliphatic carbocycles. The first-order valence-corrected chi connectivity index (χ1v) is 9.36. The van der Waals surface area contributed by atoms with Crippen LogP contribution < -0.4 is 11.1 Å². The first-order valence-electron chi connectivity index (χ1n) is 9.36. The summed E-state index contributed by atoms with van der Waals surface area (Å²) in [6.07, 6.45) is 6.54. The first kappa shape index (κ1) is 17.1. The molecule has 0 unspecified atom stereocenters. The van der Waals surface area contributed by atoms with Gasteiger partial charge >= 0.3 is 11.1 Å². The molecule has 26 heavy (non-hydrogen) atoms. The van der Waals surface area contributed by atoms with Crippen molar-refractivity contribution >= 4 is 0 Å². The minimum atomic E-state index is -0.505. The molecular formula is C19H25N5O2. The molecule has 4 rings (SSSR count). The van der Waals surface area contributed by atoms with Gasteiger partial charge in [-0.25, -0.2) is 4.68 Å². The van der Waals surface area contributed by atoms with Gasteiger partial charge in [-0.15, -0.1) is 0 Å². The van der Waals surface area contributed by atoms with E-state index < -0.39 is 11.1 Å². The Kier molecular flexibility index (Phi) is 4.26. The van der Waals surface area contributed by atoms with Gasteiger partial charge in [-0.05, 0) is 57.8 Å². The predicted molar refractivity (Wildman–Crippen MR) is 98.2 cm³/mol. The Morgan fingerprint density at radius 2 is 1.85 bits per heavy atom. The van der Waals surface area contributed by atoms with Crippen LogP contribution in [0.25, 0.3) is 0 Å². The van der Waals surface area contributed by atoms with E-state index in [0.29, 0.717) is 6.54 Å². The molecule has 0 atom stereocenters. The zero-order valence-electron chi connectivity index (χ0n) is 15.4. The van der Waals surface area contributed by atoms with Crippen LogP contribution in [0.5, 0.6) is 0 Å². The maximum absolute atomic E-state index is 12.5. The molecule has 0 bridgehead atoms. The molecule has 1 saturated heterocycles. The average molecular weight is 355 g/mol.